The second kappa shape index (κ2) is 3.79. The Morgan fingerprint density at radius 2 is 2.25 bits per heavy atom. The first kappa shape index (κ1) is 10.9. The zero-order valence-corrected chi connectivity index (χ0v) is 9.66. The molecule has 2 rings (SSSR count). The van der Waals surface area contributed by atoms with Gasteiger partial charge in [0.05, 0.1) is 23.2 Å². The molecular formula is C10H13N3O2S. The van der Waals surface area contributed by atoms with Gasteiger partial charge in [-0.1, -0.05) is 0 Å². The molecule has 86 valence electrons. The van der Waals surface area contributed by atoms with Gasteiger partial charge in [-0.25, -0.2) is 13.4 Å². The molecule has 0 saturated heterocycles. The molecule has 1 aliphatic rings. The van der Waals surface area contributed by atoms with E-state index in [0.717, 1.165) is 5.69 Å². The van der Waals surface area contributed by atoms with Crippen molar-refractivity contribution in [3.05, 3.63) is 29.3 Å². The number of anilines is 2. The molecule has 1 aromatic rings. The first-order valence-corrected chi connectivity index (χ1v) is 6.58. The summed E-state index contributed by atoms with van der Waals surface area (Å²) in [6, 6.07) is 3.28. The maximum atomic E-state index is 11.2. The van der Waals surface area contributed by atoms with Gasteiger partial charge in [-0.05, 0) is 25.1 Å². The number of nitrogen functional groups attached to an aromatic ring is 1. The molecule has 0 aromatic carbocycles. The van der Waals surface area contributed by atoms with Crippen LogP contribution in [0.25, 0.3) is 0 Å². The number of sulfone groups is 1. The fourth-order valence-corrected chi connectivity index (χ4v) is 2.74. The minimum atomic E-state index is -3.03. The van der Waals surface area contributed by atoms with Crippen molar-refractivity contribution in [2.24, 2.45) is 0 Å². The topological polar surface area (TPSA) is 85.1 Å². The van der Waals surface area contributed by atoms with E-state index in [0.29, 0.717) is 11.5 Å². The highest BCUT2D eigenvalue weighted by molar-refractivity contribution is 7.94. The number of nitrogens with one attached hydrogen (secondary N) is 1. The summed E-state index contributed by atoms with van der Waals surface area (Å²) >= 11 is 0. The number of nitrogens with two attached hydrogens (primary N) is 1. The average molecular weight is 239 g/mol. The van der Waals surface area contributed by atoms with Crippen molar-refractivity contribution in [2.45, 2.75) is 13.0 Å². The van der Waals surface area contributed by atoms with Gasteiger partial charge in [-0.3, -0.25) is 0 Å². The predicted octanol–water partition coefficient (Wildman–Crippen LogP) is 0.695. The smallest absolute Gasteiger partial charge is 0.173 e. The highest BCUT2D eigenvalue weighted by Gasteiger charge is 2.21. The number of aromatic nitrogens is 1. The monoisotopic (exact) mass is 239 g/mol. The third-order valence-corrected chi connectivity index (χ3v) is 3.79. The highest BCUT2D eigenvalue weighted by atomic mass is 32.2. The van der Waals surface area contributed by atoms with E-state index in [1.807, 2.05) is 6.92 Å². The lowest BCUT2D eigenvalue weighted by Gasteiger charge is -2.11. The minimum Gasteiger partial charge on any atom is -0.397 e. The molecule has 6 heteroatoms. The van der Waals surface area contributed by atoms with Crippen LogP contribution < -0.4 is 11.1 Å². The Labute approximate surface area is 94.3 Å². The van der Waals surface area contributed by atoms with Crippen molar-refractivity contribution >= 4 is 21.3 Å². The summed E-state index contributed by atoms with van der Waals surface area (Å²) in [5.74, 6) is 0.719. The molecule has 0 radical (unpaired) electrons. The summed E-state index contributed by atoms with van der Waals surface area (Å²) in [5, 5.41) is 4.26. The van der Waals surface area contributed by atoms with Gasteiger partial charge in [0.25, 0.3) is 0 Å². The lowest BCUT2D eigenvalue weighted by Crippen LogP contribution is -2.21. The quantitative estimate of drug-likeness (QED) is 0.793. The molecule has 0 aliphatic carbocycles. The lowest BCUT2D eigenvalue weighted by molar-refractivity contribution is 0.605. The van der Waals surface area contributed by atoms with Crippen LogP contribution in [0.4, 0.5) is 11.5 Å². The van der Waals surface area contributed by atoms with Crippen molar-refractivity contribution in [3.8, 4) is 0 Å². The third-order valence-electron chi connectivity index (χ3n) is 2.39. The maximum Gasteiger partial charge on any atom is 0.173 e. The molecule has 1 unspecified atom stereocenters. The van der Waals surface area contributed by atoms with E-state index < -0.39 is 9.84 Å². The van der Waals surface area contributed by atoms with E-state index in [-0.39, 0.29) is 11.8 Å². The Bertz CT molecular complexity index is 537. The molecule has 0 amide bonds. The van der Waals surface area contributed by atoms with Crippen LogP contribution in [-0.2, 0) is 9.84 Å². The number of pyridine rings is 1. The maximum absolute atomic E-state index is 11.2. The van der Waals surface area contributed by atoms with Crippen molar-refractivity contribution in [1.82, 2.24) is 4.98 Å². The summed E-state index contributed by atoms with van der Waals surface area (Å²) in [5.41, 5.74) is 7.00. The molecule has 1 aliphatic heterocycles. The van der Waals surface area contributed by atoms with Crippen LogP contribution in [0.1, 0.15) is 5.69 Å². The number of nitrogens with zero attached hydrogens (tertiary/aromatic N) is 1. The van der Waals surface area contributed by atoms with Crippen molar-refractivity contribution in [2.75, 3.05) is 16.8 Å². The van der Waals surface area contributed by atoms with E-state index in [1.165, 1.54) is 5.41 Å². The lowest BCUT2D eigenvalue weighted by atomic mass is 10.3. The fourth-order valence-electron chi connectivity index (χ4n) is 1.51. The van der Waals surface area contributed by atoms with Crippen LogP contribution >= 0.6 is 0 Å². The van der Waals surface area contributed by atoms with Crippen LogP contribution in [0.2, 0.25) is 0 Å². The number of aryl methyl sites for hydroxylation is 1. The summed E-state index contributed by atoms with van der Waals surface area (Å²) in [6.07, 6.45) is 1.63. The Kier molecular flexibility index (Phi) is 2.59. The number of rotatable bonds is 2. The van der Waals surface area contributed by atoms with Gasteiger partial charge in [-0.15, -0.1) is 0 Å². The molecule has 16 heavy (non-hydrogen) atoms. The average Bonchev–Trinajstić information content (AvgIpc) is 2.52. The zero-order valence-electron chi connectivity index (χ0n) is 8.84. The molecule has 1 aromatic heterocycles. The standard InChI is InChI=1S/C10H13N3O2S/c1-7-9(11)2-3-10(12-7)13-8-4-5-16(14,15)6-8/h2-5,8H,6,11H2,1H3,(H,12,13). The minimum absolute atomic E-state index is 0.0815. The second-order valence-electron chi connectivity index (χ2n) is 3.78. The van der Waals surface area contributed by atoms with E-state index >= 15 is 0 Å². The van der Waals surface area contributed by atoms with Crippen molar-refractivity contribution in [1.29, 1.82) is 0 Å². The third kappa shape index (κ3) is 2.33. The molecule has 3 N–H and O–H groups in total. The van der Waals surface area contributed by atoms with Gasteiger partial charge < -0.3 is 11.1 Å². The Balaban J connectivity index is 2.11. The Morgan fingerprint density at radius 1 is 1.50 bits per heavy atom. The molecule has 1 atom stereocenters. The second-order valence-corrected chi connectivity index (χ2v) is 5.71. The van der Waals surface area contributed by atoms with Gasteiger partial charge in [0.15, 0.2) is 9.84 Å². The van der Waals surface area contributed by atoms with Crippen LogP contribution in [0.5, 0.6) is 0 Å². The molecule has 0 saturated carbocycles. The van der Waals surface area contributed by atoms with Gasteiger partial charge in [-0.2, -0.15) is 0 Å². The van der Waals surface area contributed by atoms with Gasteiger partial charge in [0, 0.05) is 5.41 Å². The fraction of sp³-hybridized carbons (Fsp3) is 0.300. The number of hydrogen-bond donors (Lipinski definition) is 2. The van der Waals surface area contributed by atoms with E-state index in [2.05, 4.69) is 10.3 Å². The zero-order chi connectivity index (χ0) is 11.8. The van der Waals surface area contributed by atoms with Gasteiger partial charge >= 0.3 is 0 Å². The molecule has 0 spiro atoms. The molecule has 2 heterocycles. The Hall–Kier alpha value is -1.56. The SMILES string of the molecule is Cc1nc(NC2C=CS(=O)(=O)C2)ccc1N. The molecular weight excluding hydrogens is 226 g/mol. The summed E-state index contributed by atoms with van der Waals surface area (Å²) in [6.45, 7) is 1.81. The molecule has 0 fully saturated rings. The van der Waals surface area contributed by atoms with Crippen LogP contribution in [0.15, 0.2) is 23.6 Å². The van der Waals surface area contributed by atoms with Crippen LogP contribution in [0.3, 0.4) is 0 Å². The van der Waals surface area contributed by atoms with E-state index in [9.17, 15) is 8.42 Å². The summed E-state index contributed by atoms with van der Waals surface area (Å²) in [4.78, 5) is 4.22. The highest BCUT2D eigenvalue weighted by Crippen LogP contribution is 2.16. The van der Waals surface area contributed by atoms with Crippen molar-refractivity contribution in [3.63, 3.8) is 0 Å². The first-order chi connectivity index (χ1) is 7.46. The Morgan fingerprint density at radius 3 is 2.81 bits per heavy atom. The predicted molar refractivity (Wildman–Crippen MR) is 63.7 cm³/mol. The molecule has 5 nitrogen and oxygen atoms in total. The van der Waals surface area contributed by atoms with Crippen molar-refractivity contribution < 1.29 is 8.42 Å². The summed E-state index contributed by atoms with van der Waals surface area (Å²) in [7, 11) is -3.03. The largest absolute Gasteiger partial charge is 0.397 e. The number of hydrogen-bond acceptors (Lipinski definition) is 5. The molecule has 0 bridgehead atoms. The van der Waals surface area contributed by atoms with Crippen LogP contribution in [-0.4, -0.2) is 25.2 Å². The summed E-state index contributed by atoms with van der Waals surface area (Å²) < 4.78 is 22.4. The van der Waals surface area contributed by atoms with Gasteiger partial charge in [0.1, 0.15) is 5.82 Å². The van der Waals surface area contributed by atoms with Gasteiger partial charge in [0.2, 0.25) is 0 Å². The van der Waals surface area contributed by atoms with E-state index in [1.54, 1.807) is 18.2 Å². The van der Waals surface area contributed by atoms with E-state index in [4.69, 9.17) is 5.73 Å². The first-order valence-electron chi connectivity index (χ1n) is 4.87. The normalized spacial score (nSPS) is 22.2. The van der Waals surface area contributed by atoms with Crippen LogP contribution in [0, 0.1) is 6.92 Å².